The van der Waals surface area contributed by atoms with E-state index in [9.17, 15) is 14.4 Å². The van der Waals surface area contributed by atoms with Gasteiger partial charge in [0.25, 0.3) is 0 Å². The minimum Gasteiger partial charge on any atom is -0.493 e. The van der Waals surface area contributed by atoms with E-state index in [0.717, 1.165) is 18.9 Å². The molecule has 14 nitrogen and oxygen atoms in total. The van der Waals surface area contributed by atoms with Crippen LogP contribution in [0.15, 0.2) is 91.6 Å². The van der Waals surface area contributed by atoms with Gasteiger partial charge in [-0.25, -0.2) is 0 Å². The largest absolute Gasteiger partial charge is 0.493 e. The zero-order chi connectivity index (χ0) is 39.4. The van der Waals surface area contributed by atoms with Crippen LogP contribution < -0.4 is 28.4 Å². The van der Waals surface area contributed by atoms with Gasteiger partial charge in [0.05, 0.1) is 78.8 Å². The Morgan fingerprint density at radius 1 is 0.564 bits per heavy atom. The first kappa shape index (κ1) is 42.2. The standard InChI is InChI=1S/C41H46O14/c1-28-38(27-49-15-6-16-50-32-12-9-29(24-42)21-35(32)45-2)55-41(48-5)40(54-20-8-18-52-34-14-11-31(26-44)23-37(34)47-4)39(28)53-19-7-17-51-33-13-10-30(25-43)22-36(33)46-3/h6-14,16-18,21-26,28,38-41H,15,19-20,27H2,1-5H3/b16-6+,17-7+,18-8+/t28-,38?,39+,40?,41-/m1/s1. The maximum atomic E-state index is 11.1. The minimum absolute atomic E-state index is 0.124. The summed E-state index contributed by atoms with van der Waals surface area (Å²) in [4.78, 5) is 33.3. The van der Waals surface area contributed by atoms with E-state index in [-0.39, 0.29) is 32.3 Å². The fourth-order valence-electron chi connectivity index (χ4n) is 5.47. The van der Waals surface area contributed by atoms with E-state index in [1.807, 2.05) is 6.92 Å². The molecule has 3 aromatic carbocycles. The molecule has 55 heavy (non-hydrogen) atoms. The summed E-state index contributed by atoms with van der Waals surface area (Å²) in [7, 11) is 6.00. The fraction of sp³-hybridized carbons (Fsp3) is 0.341. The van der Waals surface area contributed by atoms with Crippen LogP contribution in [-0.2, 0) is 23.7 Å². The molecule has 0 amide bonds. The van der Waals surface area contributed by atoms with Crippen molar-refractivity contribution < 1.29 is 66.5 Å². The van der Waals surface area contributed by atoms with E-state index in [1.54, 1.807) is 72.8 Å². The summed E-state index contributed by atoms with van der Waals surface area (Å²) in [5, 5.41) is 0. The van der Waals surface area contributed by atoms with E-state index in [2.05, 4.69) is 0 Å². The smallest absolute Gasteiger partial charge is 0.186 e. The van der Waals surface area contributed by atoms with Crippen molar-refractivity contribution in [3.05, 3.63) is 108 Å². The van der Waals surface area contributed by atoms with Crippen LogP contribution in [0.25, 0.3) is 0 Å². The quantitative estimate of drug-likeness (QED) is 0.0629. The minimum atomic E-state index is -0.804. The molecule has 4 rings (SSSR count). The summed E-state index contributed by atoms with van der Waals surface area (Å²) >= 11 is 0. The summed E-state index contributed by atoms with van der Waals surface area (Å²) in [6.07, 6.45) is 9.27. The van der Waals surface area contributed by atoms with Gasteiger partial charge in [0.15, 0.2) is 40.8 Å². The van der Waals surface area contributed by atoms with Crippen LogP contribution in [0, 0.1) is 5.92 Å². The second kappa shape index (κ2) is 22.6. The van der Waals surface area contributed by atoms with Crippen LogP contribution in [0.5, 0.6) is 34.5 Å². The van der Waals surface area contributed by atoms with Crippen LogP contribution in [0.1, 0.15) is 38.0 Å². The summed E-state index contributed by atoms with van der Waals surface area (Å²) in [6.45, 7) is 2.68. The number of carbonyl (C=O) groups excluding carboxylic acids is 3. The van der Waals surface area contributed by atoms with Gasteiger partial charge < -0.3 is 52.1 Å². The van der Waals surface area contributed by atoms with E-state index >= 15 is 0 Å². The van der Waals surface area contributed by atoms with Crippen molar-refractivity contribution in [1.82, 2.24) is 0 Å². The van der Waals surface area contributed by atoms with E-state index in [1.165, 1.54) is 47.2 Å². The van der Waals surface area contributed by atoms with Crippen molar-refractivity contribution in [1.29, 1.82) is 0 Å². The molecule has 0 radical (unpaired) electrons. The number of hydrogen-bond acceptors (Lipinski definition) is 14. The third kappa shape index (κ3) is 12.3. The number of ether oxygens (including phenoxy) is 11. The lowest BCUT2D eigenvalue weighted by molar-refractivity contribution is -0.295. The number of aldehydes is 3. The average Bonchev–Trinajstić information content (AvgIpc) is 3.22. The number of rotatable bonds is 23. The molecular weight excluding hydrogens is 716 g/mol. The normalized spacial score (nSPS) is 19.7. The molecule has 1 aliphatic rings. The number of hydrogen-bond donors (Lipinski definition) is 0. The number of benzene rings is 3. The Kier molecular flexibility index (Phi) is 17.4. The van der Waals surface area contributed by atoms with Gasteiger partial charge in [0, 0.05) is 29.7 Å². The van der Waals surface area contributed by atoms with Crippen LogP contribution in [0.2, 0.25) is 0 Å². The molecule has 0 N–H and O–H groups in total. The van der Waals surface area contributed by atoms with Gasteiger partial charge >= 0.3 is 0 Å². The SMILES string of the molecule is COc1cc(C=O)ccc1O/C=C/COCC1O[C@@H](OC)C(OC/C=C/Oc2ccc(C=O)cc2OC)[C@@H](OC/C=C/Oc2ccc(C=O)cc2OC)[C@@H]1C. The lowest BCUT2D eigenvalue weighted by atomic mass is 9.90. The average molecular weight is 763 g/mol. The highest BCUT2D eigenvalue weighted by Crippen LogP contribution is 2.32. The molecule has 5 atom stereocenters. The second-order valence-corrected chi connectivity index (χ2v) is 11.8. The van der Waals surface area contributed by atoms with Gasteiger partial charge in [-0.3, -0.25) is 14.4 Å². The van der Waals surface area contributed by atoms with Crippen molar-refractivity contribution in [2.24, 2.45) is 5.92 Å². The highest BCUT2D eigenvalue weighted by molar-refractivity contribution is 5.77. The highest BCUT2D eigenvalue weighted by Gasteiger charge is 2.45. The van der Waals surface area contributed by atoms with Gasteiger partial charge in [0.1, 0.15) is 25.0 Å². The maximum Gasteiger partial charge on any atom is 0.186 e. The van der Waals surface area contributed by atoms with Crippen LogP contribution in [0.3, 0.4) is 0 Å². The van der Waals surface area contributed by atoms with E-state index in [0.29, 0.717) is 51.2 Å². The predicted octanol–water partition coefficient (Wildman–Crippen LogP) is 6.02. The zero-order valence-electron chi connectivity index (χ0n) is 31.3. The Morgan fingerprint density at radius 3 is 1.38 bits per heavy atom. The molecule has 0 saturated carbocycles. The predicted molar refractivity (Wildman–Crippen MR) is 200 cm³/mol. The third-order valence-electron chi connectivity index (χ3n) is 8.35. The first-order valence-corrected chi connectivity index (χ1v) is 17.2. The molecule has 1 saturated heterocycles. The Morgan fingerprint density at radius 2 is 0.982 bits per heavy atom. The molecule has 294 valence electrons. The zero-order valence-corrected chi connectivity index (χ0v) is 31.3. The van der Waals surface area contributed by atoms with Crippen molar-refractivity contribution in [2.75, 3.05) is 54.9 Å². The van der Waals surface area contributed by atoms with E-state index in [4.69, 9.17) is 52.1 Å². The van der Waals surface area contributed by atoms with Crippen molar-refractivity contribution >= 4 is 18.9 Å². The molecule has 1 fully saturated rings. The first-order chi connectivity index (χ1) is 26.9. The fourth-order valence-corrected chi connectivity index (χ4v) is 5.47. The van der Waals surface area contributed by atoms with Crippen LogP contribution in [0.4, 0.5) is 0 Å². The van der Waals surface area contributed by atoms with Crippen molar-refractivity contribution in [3.63, 3.8) is 0 Å². The van der Waals surface area contributed by atoms with Crippen molar-refractivity contribution in [2.45, 2.75) is 31.5 Å². The van der Waals surface area contributed by atoms with Gasteiger partial charge in [0.2, 0.25) is 0 Å². The summed E-state index contributed by atoms with van der Waals surface area (Å²) in [6, 6.07) is 14.6. The molecule has 0 aromatic heterocycles. The summed E-state index contributed by atoms with van der Waals surface area (Å²) in [5.41, 5.74) is 1.40. The molecule has 14 heteroatoms. The molecule has 0 bridgehead atoms. The summed E-state index contributed by atoms with van der Waals surface area (Å²) in [5.74, 6) is 2.34. The van der Waals surface area contributed by atoms with Gasteiger partial charge in [-0.1, -0.05) is 6.92 Å². The Hall–Kier alpha value is -5.51. The summed E-state index contributed by atoms with van der Waals surface area (Å²) < 4.78 is 63.6. The lowest BCUT2D eigenvalue weighted by Gasteiger charge is -2.44. The monoisotopic (exact) mass is 762 g/mol. The van der Waals surface area contributed by atoms with Gasteiger partial charge in [-0.2, -0.15) is 0 Å². The lowest BCUT2D eigenvalue weighted by Crippen LogP contribution is -2.57. The number of methoxy groups -OCH3 is 4. The first-order valence-electron chi connectivity index (χ1n) is 17.2. The van der Waals surface area contributed by atoms with Crippen LogP contribution in [-0.4, -0.2) is 98.3 Å². The van der Waals surface area contributed by atoms with Crippen LogP contribution >= 0.6 is 0 Å². The van der Waals surface area contributed by atoms with Gasteiger partial charge in [-0.05, 0) is 72.8 Å². The Bertz CT molecular complexity index is 1770. The Balaban J connectivity index is 1.38. The van der Waals surface area contributed by atoms with E-state index < -0.39 is 24.6 Å². The maximum absolute atomic E-state index is 11.1. The second-order valence-electron chi connectivity index (χ2n) is 11.8. The molecule has 1 heterocycles. The molecular formula is C41H46O14. The molecule has 0 aliphatic carbocycles. The molecule has 0 spiro atoms. The Labute approximate surface area is 320 Å². The topological polar surface area (TPSA) is 153 Å². The third-order valence-corrected chi connectivity index (χ3v) is 8.35. The molecule has 1 aliphatic heterocycles. The number of carbonyl (C=O) groups is 3. The highest BCUT2D eigenvalue weighted by atomic mass is 16.7. The molecule has 3 aromatic rings. The molecule has 2 unspecified atom stereocenters. The van der Waals surface area contributed by atoms with Gasteiger partial charge in [-0.15, -0.1) is 0 Å². The van der Waals surface area contributed by atoms with Crippen molar-refractivity contribution in [3.8, 4) is 34.5 Å².